The van der Waals surface area contributed by atoms with Gasteiger partial charge in [0.1, 0.15) is 0 Å². The number of esters is 1. The van der Waals surface area contributed by atoms with E-state index in [9.17, 15) is 9.59 Å². The number of rotatable bonds is 6. The molecule has 2 N–H and O–H groups in total. The van der Waals surface area contributed by atoms with Gasteiger partial charge in [0, 0.05) is 11.7 Å². The highest BCUT2D eigenvalue weighted by atomic mass is 16.5. The summed E-state index contributed by atoms with van der Waals surface area (Å²) in [5, 5.41) is 6.03. The van der Waals surface area contributed by atoms with Crippen LogP contribution in [0.3, 0.4) is 0 Å². The Bertz CT molecular complexity index is 726. The molecule has 0 bridgehead atoms. The van der Waals surface area contributed by atoms with Crippen molar-refractivity contribution in [2.45, 2.75) is 31.9 Å². The minimum atomic E-state index is -0.817. The molecule has 1 atom stereocenters. The molecule has 124 valence electrons. The van der Waals surface area contributed by atoms with Gasteiger partial charge in [-0.15, -0.1) is 0 Å². The maximum Gasteiger partial charge on any atom is 0.341 e. The van der Waals surface area contributed by atoms with Crippen molar-refractivity contribution in [2.24, 2.45) is 0 Å². The average Bonchev–Trinajstić information content (AvgIpc) is 3.40. The number of hydrogen-bond donors (Lipinski definition) is 2. The van der Waals surface area contributed by atoms with Gasteiger partial charge in [-0.3, -0.25) is 4.79 Å². The van der Waals surface area contributed by atoms with Gasteiger partial charge in [-0.1, -0.05) is 30.3 Å². The Morgan fingerprint density at radius 1 is 1.04 bits per heavy atom. The molecular weight excluding hydrogens is 304 g/mol. The molecule has 0 spiro atoms. The number of para-hydroxylation sites is 2. The third kappa shape index (κ3) is 4.13. The normalized spacial score (nSPS) is 14.5. The first-order valence-electron chi connectivity index (χ1n) is 8.06. The minimum Gasteiger partial charge on any atom is -0.449 e. The molecule has 0 aromatic heterocycles. The SMILES string of the molecule is C[C@@H](OC(=O)c1ccccc1Nc1ccccc1)C(=O)NC1CC1. The number of ether oxygens (including phenoxy) is 1. The van der Waals surface area contributed by atoms with Crippen molar-refractivity contribution in [2.75, 3.05) is 5.32 Å². The van der Waals surface area contributed by atoms with Crippen LogP contribution in [-0.4, -0.2) is 24.0 Å². The molecule has 5 nitrogen and oxygen atoms in total. The smallest absolute Gasteiger partial charge is 0.341 e. The Kier molecular flexibility index (Phi) is 4.79. The summed E-state index contributed by atoms with van der Waals surface area (Å²) in [6.07, 6.45) is 1.18. The van der Waals surface area contributed by atoms with Gasteiger partial charge < -0.3 is 15.4 Å². The zero-order valence-electron chi connectivity index (χ0n) is 13.5. The van der Waals surface area contributed by atoms with Gasteiger partial charge in [-0.25, -0.2) is 4.79 Å². The van der Waals surface area contributed by atoms with E-state index in [0.717, 1.165) is 18.5 Å². The van der Waals surface area contributed by atoms with Crippen molar-refractivity contribution < 1.29 is 14.3 Å². The second-order valence-electron chi connectivity index (χ2n) is 5.87. The fourth-order valence-corrected chi connectivity index (χ4v) is 2.27. The predicted octanol–water partition coefficient (Wildman–Crippen LogP) is 3.25. The van der Waals surface area contributed by atoms with E-state index in [1.54, 1.807) is 25.1 Å². The van der Waals surface area contributed by atoms with Gasteiger partial charge in [-0.2, -0.15) is 0 Å². The largest absolute Gasteiger partial charge is 0.449 e. The number of nitrogens with one attached hydrogen (secondary N) is 2. The molecule has 0 saturated heterocycles. The van der Waals surface area contributed by atoms with Crippen LogP contribution >= 0.6 is 0 Å². The van der Waals surface area contributed by atoms with Crippen molar-refractivity contribution in [3.8, 4) is 0 Å². The number of anilines is 2. The number of benzene rings is 2. The van der Waals surface area contributed by atoms with Crippen molar-refractivity contribution in [3.05, 3.63) is 60.2 Å². The van der Waals surface area contributed by atoms with E-state index in [-0.39, 0.29) is 11.9 Å². The van der Waals surface area contributed by atoms with Gasteiger partial charge >= 0.3 is 5.97 Å². The first-order valence-corrected chi connectivity index (χ1v) is 8.06. The zero-order valence-corrected chi connectivity index (χ0v) is 13.5. The van der Waals surface area contributed by atoms with Crippen molar-refractivity contribution >= 4 is 23.3 Å². The maximum atomic E-state index is 12.4. The summed E-state index contributed by atoms with van der Waals surface area (Å²) in [5.74, 6) is -0.771. The molecule has 0 unspecified atom stereocenters. The highest BCUT2D eigenvalue weighted by Gasteiger charge is 2.27. The highest BCUT2D eigenvalue weighted by molar-refractivity contribution is 5.98. The predicted molar refractivity (Wildman–Crippen MR) is 92.2 cm³/mol. The Balaban J connectivity index is 1.69. The molecular formula is C19H20N2O3. The molecule has 1 aliphatic rings. The van der Waals surface area contributed by atoms with Crippen LogP contribution in [0, 0.1) is 0 Å². The van der Waals surface area contributed by atoms with Crippen LogP contribution in [0.1, 0.15) is 30.1 Å². The van der Waals surface area contributed by atoms with E-state index in [0.29, 0.717) is 11.3 Å². The Hall–Kier alpha value is -2.82. The van der Waals surface area contributed by atoms with E-state index < -0.39 is 12.1 Å². The van der Waals surface area contributed by atoms with Gasteiger partial charge in [0.2, 0.25) is 0 Å². The fraction of sp³-hybridized carbons (Fsp3) is 0.263. The van der Waals surface area contributed by atoms with Crippen LogP contribution in [0.2, 0.25) is 0 Å². The summed E-state index contributed by atoms with van der Waals surface area (Å²) in [6.45, 7) is 1.59. The van der Waals surface area contributed by atoms with Crippen molar-refractivity contribution in [1.29, 1.82) is 0 Å². The Morgan fingerprint density at radius 3 is 2.42 bits per heavy atom. The molecule has 0 aliphatic heterocycles. The van der Waals surface area contributed by atoms with Gasteiger partial charge in [0.15, 0.2) is 6.10 Å². The van der Waals surface area contributed by atoms with Crippen LogP contribution in [-0.2, 0) is 9.53 Å². The summed E-state index contributed by atoms with van der Waals surface area (Å²) in [6, 6.07) is 16.9. The van der Waals surface area contributed by atoms with Crippen LogP contribution < -0.4 is 10.6 Å². The van der Waals surface area contributed by atoms with Crippen LogP contribution in [0.15, 0.2) is 54.6 Å². The molecule has 2 aromatic carbocycles. The van der Waals surface area contributed by atoms with E-state index in [1.807, 2.05) is 36.4 Å². The van der Waals surface area contributed by atoms with Crippen LogP contribution in [0.4, 0.5) is 11.4 Å². The summed E-state index contributed by atoms with van der Waals surface area (Å²) < 4.78 is 5.31. The lowest BCUT2D eigenvalue weighted by molar-refractivity contribution is -0.129. The van der Waals surface area contributed by atoms with Crippen molar-refractivity contribution in [3.63, 3.8) is 0 Å². The number of carbonyl (C=O) groups excluding carboxylic acids is 2. The molecule has 0 heterocycles. The zero-order chi connectivity index (χ0) is 16.9. The highest BCUT2D eigenvalue weighted by Crippen LogP contribution is 2.22. The Labute approximate surface area is 141 Å². The van der Waals surface area contributed by atoms with Crippen LogP contribution in [0.25, 0.3) is 0 Å². The third-order valence-corrected chi connectivity index (χ3v) is 3.78. The standard InChI is InChI=1S/C19H20N2O3/c1-13(18(22)21-15-11-12-15)24-19(23)16-9-5-6-10-17(16)20-14-7-3-2-4-8-14/h2-10,13,15,20H,11-12H2,1H3,(H,21,22)/t13-/m1/s1. The molecule has 5 heteroatoms. The molecule has 1 saturated carbocycles. The van der Waals surface area contributed by atoms with Gasteiger partial charge in [0.05, 0.1) is 11.3 Å². The quantitative estimate of drug-likeness (QED) is 0.801. The van der Waals surface area contributed by atoms with E-state index >= 15 is 0 Å². The summed E-state index contributed by atoms with van der Waals surface area (Å²) in [4.78, 5) is 24.4. The topological polar surface area (TPSA) is 67.4 Å². The molecule has 24 heavy (non-hydrogen) atoms. The van der Waals surface area contributed by atoms with E-state index in [1.165, 1.54) is 0 Å². The molecule has 0 radical (unpaired) electrons. The summed E-state index contributed by atoms with van der Waals surface area (Å²) in [7, 11) is 0. The maximum absolute atomic E-state index is 12.4. The number of hydrogen-bond acceptors (Lipinski definition) is 4. The lowest BCUT2D eigenvalue weighted by Gasteiger charge is -2.15. The molecule has 2 aromatic rings. The second kappa shape index (κ2) is 7.17. The van der Waals surface area contributed by atoms with E-state index in [4.69, 9.17) is 4.74 Å². The van der Waals surface area contributed by atoms with E-state index in [2.05, 4.69) is 10.6 Å². The first kappa shape index (κ1) is 16.1. The minimum absolute atomic E-state index is 0.241. The monoisotopic (exact) mass is 324 g/mol. The molecule has 1 aliphatic carbocycles. The van der Waals surface area contributed by atoms with Crippen LogP contribution in [0.5, 0.6) is 0 Å². The summed E-state index contributed by atoms with van der Waals surface area (Å²) >= 11 is 0. The number of carbonyl (C=O) groups is 2. The van der Waals surface area contributed by atoms with Gasteiger partial charge in [-0.05, 0) is 44.0 Å². The molecule has 1 amide bonds. The molecule has 1 fully saturated rings. The Morgan fingerprint density at radius 2 is 1.71 bits per heavy atom. The summed E-state index contributed by atoms with van der Waals surface area (Å²) in [5.41, 5.74) is 1.91. The lowest BCUT2D eigenvalue weighted by atomic mass is 10.1. The molecule has 3 rings (SSSR count). The third-order valence-electron chi connectivity index (χ3n) is 3.78. The first-order chi connectivity index (χ1) is 11.6. The average molecular weight is 324 g/mol. The second-order valence-corrected chi connectivity index (χ2v) is 5.87. The number of amides is 1. The lowest BCUT2D eigenvalue weighted by Crippen LogP contribution is -2.37. The fourth-order valence-electron chi connectivity index (χ4n) is 2.27. The van der Waals surface area contributed by atoms with Crippen molar-refractivity contribution in [1.82, 2.24) is 5.32 Å². The van der Waals surface area contributed by atoms with Gasteiger partial charge in [0.25, 0.3) is 5.91 Å².